The Hall–Kier alpha value is -0.995. The number of fused-ring (bicyclic) bond motifs is 1. The van der Waals surface area contributed by atoms with Gasteiger partial charge in [0.2, 0.25) is 0 Å². The zero-order valence-electron chi connectivity index (χ0n) is 6.83. The molecule has 0 aromatic carbocycles. The molecule has 0 aliphatic carbocycles. The van der Waals surface area contributed by atoms with E-state index in [4.69, 9.17) is 9.47 Å². The minimum atomic E-state index is -0.893. The maximum atomic E-state index is 11.3. The monoisotopic (exact) mass is 168 g/mol. The molecule has 2 saturated heterocycles. The molecule has 2 fully saturated rings. The van der Waals surface area contributed by atoms with E-state index in [9.17, 15) is 9.59 Å². The first-order chi connectivity index (χ1) is 5.71. The molecule has 0 bridgehead atoms. The van der Waals surface area contributed by atoms with E-state index in [0.29, 0.717) is 20.5 Å². The molecule has 2 atom stereocenters. The molecule has 5 heteroatoms. The molecule has 2 aliphatic heterocycles. The molecular weight excluding hydrogens is 159 g/mol. The molecule has 2 rings (SSSR count). The van der Waals surface area contributed by atoms with Crippen LogP contribution in [0.4, 0.5) is 0 Å². The Bertz CT molecular complexity index is 252. The Labute approximate surface area is 70.5 Å². The van der Waals surface area contributed by atoms with Crippen LogP contribution in [-0.4, -0.2) is 32.4 Å². The van der Waals surface area contributed by atoms with Crippen LogP contribution < -0.4 is 0 Å². The third-order valence-corrected chi connectivity index (χ3v) is 2.52. The maximum Gasteiger partial charge on any atom is 0.315 e. The minimum Gasteiger partial charge on any atom is -0.466 e. The van der Waals surface area contributed by atoms with Gasteiger partial charge in [-0.2, -0.15) is 0 Å². The summed E-state index contributed by atoms with van der Waals surface area (Å²) in [5, 5.41) is -0.893. The molecule has 0 radical (unpaired) electrons. The van der Waals surface area contributed by atoms with Crippen molar-refractivity contribution in [2.45, 2.75) is 18.1 Å². The molecule has 0 spiro atoms. The zero-order chi connectivity index (χ0) is 8.77. The molecule has 2 aliphatic rings. The fourth-order valence-corrected chi connectivity index (χ4v) is 1.68. The smallest absolute Gasteiger partial charge is 0.315 e. The molecule has 12 heavy (non-hydrogen) atoms. The van der Waals surface area contributed by atoms with Gasteiger partial charge in [-0.25, -0.2) is 0 Å². The van der Waals surface area contributed by atoms with Crippen LogP contribution in [0.25, 0.3) is 0 Å². The summed E-state index contributed by atoms with van der Waals surface area (Å²) in [6, 6.07) is 0. The van der Waals surface area contributed by atoms with E-state index in [1.165, 1.54) is 0 Å². The van der Waals surface area contributed by atoms with Crippen LogP contribution >= 0.6 is 0 Å². The Kier molecular flexibility index (Phi) is 1.43. The number of hydrogen-bond acceptors (Lipinski definition) is 4. The van der Waals surface area contributed by atoms with Crippen LogP contribution in [0.3, 0.4) is 0 Å². The number of esters is 2. The SMILES string of the molecule is CCOC(=O)[C@]12B[C@H]1COC2=O. The van der Waals surface area contributed by atoms with E-state index >= 15 is 0 Å². The number of ether oxygens (including phenoxy) is 2. The van der Waals surface area contributed by atoms with E-state index in [-0.39, 0.29) is 5.82 Å². The second-order valence-corrected chi connectivity index (χ2v) is 3.19. The van der Waals surface area contributed by atoms with Gasteiger partial charge in [-0.1, -0.05) is 0 Å². The topological polar surface area (TPSA) is 52.6 Å². The van der Waals surface area contributed by atoms with Gasteiger partial charge in [-0.3, -0.25) is 9.59 Å². The fraction of sp³-hybridized carbons (Fsp3) is 0.714. The molecule has 0 aromatic heterocycles. The lowest BCUT2D eigenvalue weighted by atomic mass is 9.87. The summed E-state index contributed by atoms with van der Waals surface area (Å²) in [6.07, 6.45) is 0. The average molecular weight is 168 g/mol. The molecule has 2 heterocycles. The third-order valence-electron chi connectivity index (χ3n) is 2.52. The van der Waals surface area contributed by atoms with Crippen molar-refractivity contribution in [2.75, 3.05) is 13.2 Å². The van der Waals surface area contributed by atoms with Crippen molar-refractivity contribution in [3.05, 3.63) is 0 Å². The molecule has 64 valence electrons. The predicted molar refractivity (Wildman–Crippen MR) is 41.2 cm³/mol. The summed E-state index contributed by atoms with van der Waals surface area (Å²) >= 11 is 0. The maximum absolute atomic E-state index is 11.3. The van der Waals surface area contributed by atoms with Gasteiger partial charge in [0.15, 0.2) is 7.28 Å². The number of cyclic esters (lactones) is 1. The van der Waals surface area contributed by atoms with Gasteiger partial charge in [0.25, 0.3) is 0 Å². The van der Waals surface area contributed by atoms with Crippen molar-refractivity contribution in [1.29, 1.82) is 0 Å². The van der Waals surface area contributed by atoms with E-state index < -0.39 is 17.3 Å². The number of hydrogen-bond donors (Lipinski definition) is 0. The van der Waals surface area contributed by atoms with Crippen LogP contribution in [0.5, 0.6) is 0 Å². The van der Waals surface area contributed by atoms with Gasteiger partial charge in [0, 0.05) is 0 Å². The van der Waals surface area contributed by atoms with E-state index in [2.05, 4.69) is 0 Å². The van der Waals surface area contributed by atoms with Crippen molar-refractivity contribution in [2.24, 2.45) is 0 Å². The summed E-state index contributed by atoms with van der Waals surface area (Å²) in [7, 11) is 0.616. The van der Waals surface area contributed by atoms with Gasteiger partial charge >= 0.3 is 11.9 Å². The fourth-order valence-electron chi connectivity index (χ4n) is 1.68. The highest BCUT2D eigenvalue weighted by molar-refractivity contribution is 6.71. The average Bonchev–Trinajstić information content (AvgIpc) is 2.69. The van der Waals surface area contributed by atoms with Crippen LogP contribution in [0.1, 0.15) is 6.92 Å². The molecule has 0 amide bonds. The van der Waals surface area contributed by atoms with Crippen molar-refractivity contribution >= 4 is 19.2 Å². The van der Waals surface area contributed by atoms with Gasteiger partial charge in [0.1, 0.15) is 5.31 Å². The summed E-state index contributed by atoms with van der Waals surface area (Å²) < 4.78 is 9.55. The normalized spacial score (nSPS) is 36.4. The quantitative estimate of drug-likeness (QED) is 0.317. The first-order valence-electron chi connectivity index (χ1n) is 4.06. The second-order valence-electron chi connectivity index (χ2n) is 3.19. The Morgan fingerprint density at radius 2 is 2.67 bits per heavy atom. The number of carbonyl (C=O) groups is 2. The van der Waals surface area contributed by atoms with Crippen molar-refractivity contribution in [3.8, 4) is 0 Å². The summed E-state index contributed by atoms with van der Waals surface area (Å²) in [6.45, 7) is 2.43. The predicted octanol–water partition coefficient (Wildman–Crippen LogP) is -0.496. The highest BCUT2D eigenvalue weighted by atomic mass is 16.6. The van der Waals surface area contributed by atoms with Crippen LogP contribution in [0.15, 0.2) is 0 Å². The highest BCUT2D eigenvalue weighted by Gasteiger charge is 2.72. The molecule has 0 aromatic rings. The largest absolute Gasteiger partial charge is 0.466 e. The first kappa shape index (κ1) is 7.64. The summed E-state index contributed by atoms with van der Waals surface area (Å²) in [5.41, 5.74) is 0. The number of rotatable bonds is 2. The van der Waals surface area contributed by atoms with Gasteiger partial charge < -0.3 is 9.47 Å². The molecule has 0 unspecified atom stereocenters. The summed E-state index contributed by atoms with van der Waals surface area (Å²) in [5.74, 6) is -0.715. The summed E-state index contributed by atoms with van der Waals surface area (Å²) in [4.78, 5) is 22.4. The van der Waals surface area contributed by atoms with Gasteiger partial charge in [-0.15, -0.1) is 0 Å². The lowest BCUT2D eigenvalue weighted by Crippen LogP contribution is -2.22. The Morgan fingerprint density at radius 1 is 1.92 bits per heavy atom. The third kappa shape index (κ3) is 0.736. The van der Waals surface area contributed by atoms with E-state index in [1.54, 1.807) is 6.92 Å². The van der Waals surface area contributed by atoms with Gasteiger partial charge in [0.05, 0.1) is 13.2 Å². The van der Waals surface area contributed by atoms with Crippen molar-refractivity contribution < 1.29 is 19.1 Å². The zero-order valence-corrected chi connectivity index (χ0v) is 6.83. The Morgan fingerprint density at radius 3 is 3.08 bits per heavy atom. The molecule has 0 N–H and O–H groups in total. The van der Waals surface area contributed by atoms with Crippen molar-refractivity contribution in [3.63, 3.8) is 0 Å². The standard InChI is InChI=1S/C7H9BO4/c1-2-11-5(9)7-4(8-7)3-12-6(7)10/h4,8H,2-3H2,1H3/t4-,7+/m0/s1. The minimum absolute atomic E-state index is 0.0871. The lowest BCUT2D eigenvalue weighted by Gasteiger charge is -2.07. The van der Waals surface area contributed by atoms with E-state index in [0.717, 1.165) is 0 Å². The van der Waals surface area contributed by atoms with Crippen molar-refractivity contribution in [1.82, 2.24) is 0 Å². The lowest BCUT2D eigenvalue weighted by molar-refractivity contribution is -0.153. The molecular formula is C7H9BO4. The van der Waals surface area contributed by atoms with Crippen LogP contribution in [0, 0.1) is 0 Å². The highest BCUT2D eigenvalue weighted by Crippen LogP contribution is 2.62. The van der Waals surface area contributed by atoms with E-state index in [1.807, 2.05) is 0 Å². The van der Waals surface area contributed by atoms with Gasteiger partial charge in [-0.05, 0) is 12.7 Å². The van der Waals surface area contributed by atoms with Crippen LogP contribution in [-0.2, 0) is 19.1 Å². The number of carbonyl (C=O) groups excluding carboxylic acids is 2. The molecule has 4 nitrogen and oxygen atoms in total. The van der Waals surface area contributed by atoms with Crippen LogP contribution in [0.2, 0.25) is 11.1 Å². The first-order valence-corrected chi connectivity index (χ1v) is 4.06. The Balaban J connectivity index is 2.13. The molecule has 0 saturated carbocycles. The second kappa shape index (κ2) is 2.25.